The number of nitrogens with one attached hydrogen (secondary N) is 1. The molecule has 0 aromatic carbocycles. The summed E-state index contributed by atoms with van der Waals surface area (Å²) in [5.41, 5.74) is 5.96. The Balaban J connectivity index is 2.21. The largest absolute Gasteiger partial charge is 0.354 e. The second-order valence-electron chi connectivity index (χ2n) is 6.51. The summed E-state index contributed by atoms with van der Waals surface area (Å²) in [5.74, 6) is 1.74. The van der Waals surface area contributed by atoms with Crippen LogP contribution in [0, 0.1) is 17.8 Å². The van der Waals surface area contributed by atoms with Crippen molar-refractivity contribution < 1.29 is 4.79 Å². The number of hydrogen-bond acceptors (Lipinski definition) is 2. The van der Waals surface area contributed by atoms with Gasteiger partial charge in [0.25, 0.3) is 0 Å². The summed E-state index contributed by atoms with van der Waals surface area (Å²) in [6.07, 6.45) is 8.57. The molecule has 0 aliphatic heterocycles. The monoisotopic (exact) mass is 268 g/mol. The van der Waals surface area contributed by atoms with Crippen LogP contribution in [0.3, 0.4) is 0 Å². The zero-order chi connectivity index (χ0) is 14.3. The molecule has 1 aliphatic rings. The van der Waals surface area contributed by atoms with Crippen molar-refractivity contribution >= 4 is 5.91 Å². The Kier molecular flexibility index (Phi) is 7.44. The summed E-state index contributed by atoms with van der Waals surface area (Å²) in [5, 5.41) is 3.03. The van der Waals surface area contributed by atoms with Gasteiger partial charge in [0, 0.05) is 18.5 Å². The van der Waals surface area contributed by atoms with E-state index in [0.29, 0.717) is 12.5 Å². The third-order valence-corrected chi connectivity index (χ3v) is 4.55. The smallest absolute Gasteiger partial charge is 0.223 e. The van der Waals surface area contributed by atoms with Gasteiger partial charge >= 0.3 is 0 Å². The Morgan fingerprint density at radius 3 is 2.42 bits per heavy atom. The van der Waals surface area contributed by atoms with Gasteiger partial charge < -0.3 is 11.1 Å². The number of rotatable bonds is 7. The third-order valence-electron chi connectivity index (χ3n) is 4.55. The van der Waals surface area contributed by atoms with E-state index in [2.05, 4.69) is 26.1 Å². The second-order valence-corrected chi connectivity index (χ2v) is 6.51. The lowest BCUT2D eigenvalue weighted by Crippen LogP contribution is -2.43. The standard InChI is InChI=1S/C16H32N2O/c1-4-5-6-13-7-9-14(10-8-13)16(19)18-11-15(17)12(2)3/h12-15H,4-11,17H2,1-3H3,(H,18,19). The molecule has 0 saturated heterocycles. The maximum absolute atomic E-state index is 12.1. The molecule has 1 atom stereocenters. The predicted molar refractivity (Wildman–Crippen MR) is 80.8 cm³/mol. The first-order valence-corrected chi connectivity index (χ1v) is 8.07. The Morgan fingerprint density at radius 2 is 1.89 bits per heavy atom. The third kappa shape index (κ3) is 5.94. The molecular weight excluding hydrogens is 236 g/mol. The maximum atomic E-state index is 12.1. The molecule has 1 aliphatic carbocycles. The summed E-state index contributed by atoms with van der Waals surface area (Å²) in [6.45, 7) is 7.05. The molecule has 1 fully saturated rings. The highest BCUT2D eigenvalue weighted by Crippen LogP contribution is 2.31. The summed E-state index contributed by atoms with van der Waals surface area (Å²) < 4.78 is 0. The molecule has 0 spiro atoms. The minimum Gasteiger partial charge on any atom is -0.354 e. The highest BCUT2D eigenvalue weighted by Gasteiger charge is 2.26. The van der Waals surface area contributed by atoms with Crippen molar-refractivity contribution in [2.45, 2.75) is 71.8 Å². The fourth-order valence-electron chi connectivity index (χ4n) is 2.80. The lowest BCUT2D eigenvalue weighted by atomic mass is 9.79. The predicted octanol–water partition coefficient (Wildman–Crippen LogP) is 3.08. The number of unbranched alkanes of at least 4 members (excludes halogenated alkanes) is 1. The van der Waals surface area contributed by atoms with Gasteiger partial charge in [0.15, 0.2) is 0 Å². The van der Waals surface area contributed by atoms with Crippen LogP contribution >= 0.6 is 0 Å². The van der Waals surface area contributed by atoms with Crippen LogP contribution in [-0.4, -0.2) is 18.5 Å². The van der Waals surface area contributed by atoms with Crippen LogP contribution in [0.2, 0.25) is 0 Å². The van der Waals surface area contributed by atoms with Crippen molar-refractivity contribution in [3.05, 3.63) is 0 Å². The second kappa shape index (κ2) is 8.57. The molecular formula is C16H32N2O. The van der Waals surface area contributed by atoms with Crippen LogP contribution in [0.5, 0.6) is 0 Å². The van der Waals surface area contributed by atoms with Gasteiger partial charge in [-0.3, -0.25) is 4.79 Å². The molecule has 1 unspecified atom stereocenters. The minimum absolute atomic E-state index is 0.0739. The van der Waals surface area contributed by atoms with E-state index in [1.54, 1.807) is 0 Å². The van der Waals surface area contributed by atoms with Crippen molar-refractivity contribution in [2.24, 2.45) is 23.5 Å². The Hall–Kier alpha value is -0.570. The Morgan fingerprint density at radius 1 is 1.26 bits per heavy atom. The molecule has 0 radical (unpaired) electrons. The van der Waals surface area contributed by atoms with Crippen LogP contribution in [-0.2, 0) is 4.79 Å². The zero-order valence-electron chi connectivity index (χ0n) is 13.0. The van der Waals surface area contributed by atoms with Gasteiger partial charge in [-0.15, -0.1) is 0 Å². The van der Waals surface area contributed by atoms with E-state index in [1.165, 1.54) is 32.1 Å². The molecule has 0 heterocycles. The maximum Gasteiger partial charge on any atom is 0.223 e. The lowest BCUT2D eigenvalue weighted by molar-refractivity contribution is -0.126. The van der Waals surface area contributed by atoms with Crippen molar-refractivity contribution in [1.82, 2.24) is 5.32 Å². The molecule has 112 valence electrons. The normalized spacial score (nSPS) is 25.3. The lowest BCUT2D eigenvalue weighted by Gasteiger charge is -2.28. The van der Waals surface area contributed by atoms with E-state index >= 15 is 0 Å². The summed E-state index contributed by atoms with van der Waals surface area (Å²) >= 11 is 0. The van der Waals surface area contributed by atoms with E-state index < -0.39 is 0 Å². The highest BCUT2D eigenvalue weighted by molar-refractivity contribution is 5.78. The quantitative estimate of drug-likeness (QED) is 0.745. The molecule has 1 saturated carbocycles. The van der Waals surface area contributed by atoms with Gasteiger partial charge in [-0.1, -0.05) is 40.0 Å². The van der Waals surface area contributed by atoms with Crippen LogP contribution in [0.4, 0.5) is 0 Å². The molecule has 0 aromatic heterocycles. The Labute approximate surface area is 118 Å². The van der Waals surface area contributed by atoms with Gasteiger partial charge in [0.2, 0.25) is 5.91 Å². The van der Waals surface area contributed by atoms with Gasteiger partial charge in [0.05, 0.1) is 0 Å². The summed E-state index contributed by atoms with van der Waals surface area (Å²) in [4.78, 5) is 12.1. The van der Waals surface area contributed by atoms with Crippen molar-refractivity contribution in [3.63, 3.8) is 0 Å². The summed E-state index contributed by atoms with van der Waals surface area (Å²) in [7, 11) is 0. The number of hydrogen-bond donors (Lipinski definition) is 2. The first-order valence-electron chi connectivity index (χ1n) is 8.07. The molecule has 0 bridgehead atoms. The molecule has 0 aromatic rings. The Bertz CT molecular complexity index is 257. The fourth-order valence-corrected chi connectivity index (χ4v) is 2.80. The highest BCUT2D eigenvalue weighted by atomic mass is 16.1. The molecule has 1 rings (SSSR count). The SMILES string of the molecule is CCCCC1CCC(C(=O)NCC(N)C(C)C)CC1. The molecule has 3 N–H and O–H groups in total. The van der Waals surface area contributed by atoms with E-state index in [0.717, 1.165) is 18.8 Å². The van der Waals surface area contributed by atoms with Crippen molar-refractivity contribution in [3.8, 4) is 0 Å². The van der Waals surface area contributed by atoms with Crippen LogP contribution in [0.15, 0.2) is 0 Å². The number of nitrogens with two attached hydrogens (primary N) is 1. The van der Waals surface area contributed by atoms with Gasteiger partial charge in [0.1, 0.15) is 0 Å². The number of amides is 1. The fraction of sp³-hybridized carbons (Fsp3) is 0.938. The average molecular weight is 268 g/mol. The van der Waals surface area contributed by atoms with E-state index in [1.807, 2.05) is 0 Å². The van der Waals surface area contributed by atoms with Crippen LogP contribution < -0.4 is 11.1 Å². The van der Waals surface area contributed by atoms with Gasteiger partial charge in [-0.25, -0.2) is 0 Å². The molecule has 1 amide bonds. The van der Waals surface area contributed by atoms with Crippen LogP contribution in [0.25, 0.3) is 0 Å². The van der Waals surface area contributed by atoms with Gasteiger partial charge in [-0.05, 0) is 37.5 Å². The molecule has 19 heavy (non-hydrogen) atoms. The summed E-state index contributed by atoms with van der Waals surface area (Å²) in [6, 6.07) is 0.0739. The van der Waals surface area contributed by atoms with E-state index in [-0.39, 0.29) is 17.9 Å². The average Bonchev–Trinajstić information content (AvgIpc) is 2.42. The number of carbonyl (C=O) groups is 1. The minimum atomic E-state index is 0.0739. The van der Waals surface area contributed by atoms with Crippen molar-refractivity contribution in [2.75, 3.05) is 6.54 Å². The van der Waals surface area contributed by atoms with E-state index in [9.17, 15) is 4.79 Å². The van der Waals surface area contributed by atoms with Crippen molar-refractivity contribution in [1.29, 1.82) is 0 Å². The van der Waals surface area contributed by atoms with Crippen LogP contribution in [0.1, 0.15) is 65.7 Å². The topological polar surface area (TPSA) is 55.1 Å². The van der Waals surface area contributed by atoms with E-state index in [4.69, 9.17) is 5.73 Å². The molecule has 3 heteroatoms. The van der Waals surface area contributed by atoms with Gasteiger partial charge in [-0.2, -0.15) is 0 Å². The zero-order valence-corrected chi connectivity index (χ0v) is 13.0. The molecule has 3 nitrogen and oxygen atoms in total. The first kappa shape index (κ1) is 16.5. The number of carbonyl (C=O) groups excluding carboxylic acids is 1. The first-order chi connectivity index (χ1) is 9.04.